The number of hydrazine groups is 1. The molecule has 2 aromatic rings. The maximum atomic E-state index is 12.3. The van der Waals surface area contributed by atoms with Gasteiger partial charge in [-0.25, -0.2) is 0 Å². The SMILES string of the molecule is COc1cc(C(=O)NNC(=O)c2cc(Cl)ccc2O)ccc1OC1CCCC1. The van der Waals surface area contributed by atoms with Crippen LogP contribution in [-0.2, 0) is 0 Å². The number of benzene rings is 2. The fourth-order valence-electron chi connectivity index (χ4n) is 3.04. The van der Waals surface area contributed by atoms with E-state index in [4.69, 9.17) is 21.1 Å². The number of carbonyl (C=O) groups excluding carboxylic acids is 2. The summed E-state index contributed by atoms with van der Waals surface area (Å²) in [6, 6.07) is 8.86. The van der Waals surface area contributed by atoms with Gasteiger partial charge < -0.3 is 14.6 Å². The Kier molecular flexibility index (Phi) is 6.26. The quantitative estimate of drug-likeness (QED) is 0.663. The molecular weight excluding hydrogens is 384 g/mol. The third kappa shape index (κ3) is 4.67. The van der Waals surface area contributed by atoms with Gasteiger partial charge in [0.15, 0.2) is 11.5 Å². The molecule has 0 unspecified atom stereocenters. The van der Waals surface area contributed by atoms with Crippen LogP contribution in [-0.4, -0.2) is 30.1 Å². The Hall–Kier alpha value is -2.93. The zero-order valence-corrected chi connectivity index (χ0v) is 16.1. The molecule has 3 N–H and O–H groups in total. The molecule has 0 aromatic heterocycles. The molecule has 3 rings (SSSR count). The maximum absolute atomic E-state index is 12.3. The molecule has 1 fully saturated rings. The second kappa shape index (κ2) is 8.84. The predicted molar refractivity (Wildman–Crippen MR) is 104 cm³/mol. The molecule has 7 nitrogen and oxygen atoms in total. The summed E-state index contributed by atoms with van der Waals surface area (Å²) in [7, 11) is 1.50. The van der Waals surface area contributed by atoms with Crippen LogP contribution in [0.5, 0.6) is 17.2 Å². The first-order chi connectivity index (χ1) is 13.5. The Morgan fingerprint density at radius 1 is 1.04 bits per heavy atom. The monoisotopic (exact) mass is 404 g/mol. The second-order valence-electron chi connectivity index (χ2n) is 6.46. The highest BCUT2D eigenvalue weighted by molar-refractivity contribution is 6.31. The lowest BCUT2D eigenvalue weighted by Gasteiger charge is -2.16. The van der Waals surface area contributed by atoms with E-state index in [-0.39, 0.29) is 28.0 Å². The molecule has 0 aliphatic heterocycles. The predicted octanol–water partition coefficient (Wildman–Crippen LogP) is 3.45. The molecule has 0 heterocycles. The van der Waals surface area contributed by atoms with E-state index in [1.807, 2.05) is 0 Å². The van der Waals surface area contributed by atoms with E-state index in [1.54, 1.807) is 18.2 Å². The minimum absolute atomic E-state index is 0.0503. The molecule has 2 amide bonds. The van der Waals surface area contributed by atoms with Crippen LogP contribution >= 0.6 is 11.6 Å². The summed E-state index contributed by atoms with van der Waals surface area (Å²) < 4.78 is 11.3. The lowest BCUT2D eigenvalue weighted by atomic mass is 10.2. The van der Waals surface area contributed by atoms with Gasteiger partial charge in [-0.2, -0.15) is 0 Å². The Morgan fingerprint density at radius 3 is 2.46 bits per heavy atom. The van der Waals surface area contributed by atoms with Crippen LogP contribution in [0.25, 0.3) is 0 Å². The van der Waals surface area contributed by atoms with E-state index in [9.17, 15) is 14.7 Å². The number of carbonyl (C=O) groups is 2. The molecule has 148 valence electrons. The molecule has 0 atom stereocenters. The molecular formula is C20H21ClN2O5. The lowest BCUT2D eigenvalue weighted by molar-refractivity contribution is 0.0844. The number of nitrogens with one attached hydrogen (secondary N) is 2. The Labute approximate surface area is 167 Å². The van der Waals surface area contributed by atoms with Gasteiger partial charge in [0.2, 0.25) is 0 Å². The van der Waals surface area contributed by atoms with Crippen LogP contribution in [0.15, 0.2) is 36.4 Å². The van der Waals surface area contributed by atoms with Crippen molar-refractivity contribution in [1.29, 1.82) is 0 Å². The van der Waals surface area contributed by atoms with Crippen molar-refractivity contribution in [2.24, 2.45) is 0 Å². The molecule has 1 saturated carbocycles. The van der Waals surface area contributed by atoms with Crippen molar-refractivity contribution in [3.05, 3.63) is 52.5 Å². The van der Waals surface area contributed by atoms with E-state index < -0.39 is 11.8 Å². The van der Waals surface area contributed by atoms with Gasteiger partial charge in [0.05, 0.1) is 18.8 Å². The van der Waals surface area contributed by atoms with E-state index >= 15 is 0 Å². The molecule has 8 heteroatoms. The van der Waals surface area contributed by atoms with Crippen molar-refractivity contribution in [2.45, 2.75) is 31.8 Å². The summed E-state index contributed by atoms with van der Waals surface area (Å²) in [6.45, 7) is 0. The minimum atomic E-state index is -0.693. The average molecular weight is 405 g/mol. The largest absolute Gasteiger partial charge is 0.507 e. The maximum Gasteiger partial charge on any atom is 0.273 e. The van der Waals surface area contributed by atoms with Crippen LogP contribution < -0.4 is 20.3 Å². The van der Waals surface area contributed by atoms with Crippen molar-refractivity contribution in [1.82, 2.24) is 10.9 Å². The topological polar surface area (TPSA) is 96.9 Å². The standard InChI is InChI=1S/C20H21ClN2O5/c1-27-18-10-12(6-9-17(18)28-14-4-2-3-5-14)19(25)22-23-20(26)15-11-13(21)7-8-16(15)24/h6-11,14,24H,2-5H2,1H3,(H,22,25)(H,23,26). The highest BCUT2D eigenvalue weighted by Gasteiger charge is 2.20. The first-order valence-electron chi connectivity index (χ1n) is 8.92. The number of rotatable bonds is 5. The fraction of sp³-hybridized carbons (Fsp3) is 0.300. The molecule has 0 radical (unpaired) electrons. The Morgan fingerprint density at radius 2 is 1.75 bits per heavy atom. The molecule has 28 heavy (non-hydrogen) atoms. The normalized spacial score (nSPS) is 13.8. The third-order valence-electron chi connectivity index (χ3n) is 4.51. The van der Waals surface area contributed by atoms with Crippen LogP contribution in [0.3, 0.4) is 0 Å². The summed E-state index contributed by atoms with van der Waals surface area (Å²) in [4.78, 5) is 24.5. The van der Waals surface area contributed by atoms with Crippen LogP contribution in [0, 0.1) is 0 Å². The van der Waals surface area contributed by atoms with Crippen molar-refractivity contribution < 1.29 is 24.2 Å². The van der Waals surface area contributed by atoms with E-state index in [0.717, 1.165) is 25.7 Å². The van der Waals surface area contributed by atoms with Crippen molar-refractivity contribution in [3.63, 3.8) is 0 Å². The summed E-state index contributed by atoms with van der Waals surface area (Å²) in [5, 5.41) is 10.0. The lowest BCUT2D eigenvalue weighted by Crippen LogP contribution is -2.41. The van der Waals surface area contributed by atoms with Crippen molar-refractivity contribution >= 4 is 23.4 Å². The van der Waals surface area contributed by atoms with Crippen LogP contribution in [0.2, 0.25) is 5.02 Å². The van der Waals surface area contributed by atoms with E-state index in [1.165, 1.54) is 25.3 Å². The summed E-state index contributed by atoms with van der Waals surface area (Å²) in [5.41, 5.74) is 4.78. The van der Waals surface area contributed by atoms with Gasteiger partial charge in [-0.3, -0.25) is 20.4 Å². The zero-order valence-electron chi connectivity index (χ0n) is 15.3. The van der Waals surface area contributed by atoms with Crippen LogP contribution in [0.1, 0.15) is 46.4 Å². The number of amides is 2. The number of hydrogen-bond acceptors (Lipinski definition) is 5. The Balaban J connectivity index is 1.65. The van der Waals surface area contributed by atoms with Gasteiger partial charge >= 0.3 is 0 Å². The van der Waals surface area contributed by atoms with Gasteiger partial charge in [-0.05, 0) is 62.1 Å². The first-order valence-corrected chi connectivity index (χ1v) is 9.29. The number of phenols is 1. The third-order valence-corrected chi connectivity index (χ3v) is 4.75. The van der Waals surface area contributed by atoms with Gasteiger partial charge in [0, 0.05) is 10.6 Å². The smallest absolute Gasteiger partial charge is 0.273 e. The van der Waals surface area contributed by atoms with Crippen LogP contribution in [0.4, 0.5) is 0 Å². The Bertz CT molecular complexity index is 881. The minimum Gasteiger partial charge on any atom is -0.507 e. The summed E-state index contributed by atoms with van der Waals surface area (Å²) in [5.74, 6) is -0.453. The van der Waals surface area contributed by atoms with Gasteiger partial charge in [-0.15, -0.1) is 0 Å². The van der Waals surface area contributed by atoms with E-state index in [2.05, 4.69) is 10.9 Å². The zero-order chi connectivity index (χ0) is 20.1. The second-order valence-corrected chi connectivity index (χ2v) is 6.90. The van der Waals surface area contributed by atoms with E-state index in [0.29, 0.717) is 11.5 Å². The molecule has 1 aliphatic carbocycles. The number of aromatic hydroxyl groups is 1. The fourth-order valence-corrected chi connectivity index (χ4v) is 3.21. The van der Waals surface area contributed by atoms with Gasteiger partial charge in [0.25, 0.3) is 11.8 Å². The molecule has 0 spiro atoms. The highest BCUT2D eigenvalue weighted by Crippen LogP contribution is 2.32. The molecule has 0 bridgehead atoms. The van der Waals surface area contributed by atoms with Gasteiger partial charge in [-0.1, -0.05) is 11.6 Å². The van der Waals surface area contributed by atoms with Crippen molar-refractivity contribution in [2.75, 3.05) is 7.11 Å². The van der Waals surface area contributed by atoms with Crippen molar-refractivity contribution in [3.8, 4) is 17.2 Å². The first kappa shape index (κ1) is 19.8. The number of hydrogen-bond donors (Lipinski definition) is 3. The number of methoxy groups -OCH3 is 1. The molecule has 2 aromatic carbocycles. The number of phenolic OH excluding ortho intramolecular Hbond substituents is 1. The highest BCUT2D eigenvalue weighted by atomic mass is 35.5. The summed E-state index contributed by atoms with van der Waals surface area (Å²) in [6.07, 6.45) is 4.48. The van der Waals surface area contributed by atoms with Gasteiger partial charge in [0.1, 0.15) is 5.75 Å². The number of halogens is 1. The number of ether oxygens (including phenoxy) is 2. The average Bonchev–Trinajstić information content (AvgIpc) is 3.21. The summed E-state index contributed by atoms with van der Waals surface area (Å²) >= 11 is 5.82. The molecule has 0 saturated heterocycles. The molecule has 1 aliphatic rings.